The van der Waals surface area contributed by atoms with Crippen LogP contribution in [-0.2, 0) is 20.1 Å². The molecule has 5 rings (SSSR count). The van der Waals surface area contributed by atoms with Crippen LogP contribution in [0, 0.1) is 19.7 Å². The van der Waals surface area contributed by atoms with Crippen molar-refractivity contribution in [2.24, 2.45) is 7.05 Å². The van der Waals surface area contributed by atoms with Crippen LogP contribution in [-0.4, -0.2) is 36.4 Å². The van der Waals surface area contributed by atoms with Crippen LogP contribution in [0.25, 0.3) is 11.2 Å². The van der Waals surface area contributed by atoms with Gasteiger partial charge in [-0.3, -0.25) is 13.9 Å². The predicted molar refractivity (Wildman–Crippen MR) is 124 cm³/mol. The molecular formula is C24H24FN5O3. The van der Waals surface area contributed by atoms with Crippen molar-refractivity contribution in [1.82, 2.24) is 18.7 Å². The van der Waals surface area contributed by atoms with Crippen LogP contribution in [0.4, 0.5) is 16.0 Å². The molecule has 0 saturated carbocycles. The molecule has 0 fully saturated rings. The Hall–Kier alpha value is -3.72. The Morgan fingerprint density at radius 1 is 1.06 bits per heavy atom. The van der Waals surface area contributed by atoms with E-state index in [1.807, 2.05) is 30.9 Å². The van der Waals surface area contributed by atoms with Gasteiger partial charge >= 0.3 is 5.69 Å². The second-order valence-electron chi connectivity index (χ2n) is 8.66. The van der Waals surface area contributed by atoms with Gasteiger partial charge in [0.25, 0.3) is 5.56 Å². The van der Waals surface area contributed by atoms with E-state index in [2.05, 4.69) is 11.1 Å². The van der Waals surface area contributed by atoms with Crippen LogP contribution in [0.15, 0.2) is 52.1 Å². The van der Waals surface area contributed by atoms with Gasteiger partial charge in [-0.1, -0.05) is 18.2 Å². The fourth-order valence-corrected chi connectivity index (χ4v) is 4.54. The Morgan fingerprint density at radius 2 is 1.73 bits per heavy atom. The number of β-amino-alcohol motifs (C(OH)–C–C–N with tert-alkyl or cyclic N) is 1. The first-order chi connectivity index (χ1) is 15.7. The molecule has 3 heterocycles. The molecule has 1 atom stereocenters. The minimum Gasteiger partial charge on any atom is -0.389 e. The van der Waals surface area contributed by atoms with Gasteiger partial charge in [0.05, 0.1) is 25.7 Å². The lowest BCUT2D eigenvalue weighted by Crippen LogP contribution is -2.42. The van der Waals surface area contributed by atoms with Crippen molar-refractivity contribution in [2.75, 3.05) is 11.4 Å². The van der Waals surface area contributed by atoms with E-state index < -0.39 is 17.4 Å². The van der Waals surface area contributed by atoms with Crippen LogP contribution in [0.1, 0.15) is 16.7 Å². The standard InChI is InChI=1S/C24H24FN5O3/c1-14-8-15(2)10-18(9-14)28-12-19(31)13-29-20-21(26-23(28)29)27(3)24(33)30(22(20)32)11-16-4-6-17(25)7-5-16/h4-10,19,31H,11-13H2,1-3H3/t19-/m1/s1. The molecule has 0 unspecified atom stereocenters. The Bertz CT molecular complexity index is 1480. The third-order valence-electron chi connectivity index (χ3n) is 6.01. The number of aryl methyl sites for hydroxylation is 3. The number of fused-ring (bicyclic) bond motifs is 3. The SMILES string of the molecule is Cc1cc(C)cc(N2C[C@@H](O)Cn3c2nc2c3c(=O)n(Cc3ccc(F)cc3)c(=O)n2C)c1. The number of rotatable bonds is 3. The number of anilines is 2. The molecule has 0 radical (unpaired) electrons. The van der Waals surface area contributed by atoms with Crippen molar-refractivity contribution in [3.05, 3.63) is 85.8 Å². The molecule has 33 heavy (non-hydrogen) atoms. The molecule has 2 aromatic heterocycles. The van der Waals surface area contributed by atoms with Crippen molar-refractivity contribution in [2.45, 2.75) is 33.0 Å². The topological polar surface area (TPSA) is 85.3 Å². The zero-order valence-electron chi connectivity index (χ0n) is 18.6. The van der Waals surface area contributed by atoms with Crippen molar-refractivity contribution in [3.63, 3.8) is 0 Å². The fraction of sp³-hybridized carbons (Fsp3) is 0.292. The van der Waals surface area contributed by atoms with Crippen molar-refractivity contribution in [1.29, 1.82) is 0 Å². The number of nitrogens with zero attached hydrogens (tertiary/aromatic N) is 5. The minimum absolute atomic E-state index is 0.00554. The summed E-state index contributed by atoms with van der Waals surface area (Å²) in [6.45, 7) is 4.52. The van der Waals surface area contributed by atoms with Crippen LogP contribution in [0.3, 0.4) is 0 Å². The number of aliphatic hydroxyl groups is 1. The second-order valence-corrected chi connectivity index (χ2v) is 8.66. The molecule has 4 aromatic rings. The van der Waals surface area contributed by atoms with Gasteiger partial charge in [-0.15, -0.1) is 0 Å². The van der Waals surface area contributed by atoms with Gasteiger partial charge in [0.2, 0.25) is 5.95 Å². The molecule has 0 amide bonds. The summed E-state index contributed by atoms with van der Waals surface area (Å²) < 4.78 is 17.4. The van der Waals surface area contributed by atoms with E-state index in [-0.39, 0.29) is 30.1 Å². The third-order valence-corrected chi connectivity index (χ3v) is 6.01. The largest absolute Gasteiger partial charge is 0.389 e. The number of imidazole rings is 1. The van der Waals surface area contributed by atoms with E-state index in [0.29, 0.717) is 18.1 Å². The van der Waals surface area contributed by atoms with Crippen molar-refractivity contribution < 1.29 is 9.50 Å². The highest BCUT2D eigenvalue weighted by Crippen LogP contribution is 2.32. The van der Waals surface area contributed by atoms with E-state index in [4.69, 9.17) is 0 Å². The monoisotopic (exact) mass is 449 g/mol. The van der Waals surface area contributed by atoms with Gasteiger partial charge in [0.15, 0.2) is 11.2 Å². The van der Waals surface area contributed by atoms with E-state index in [1.54, 1.807) is 23.7 Å². The Morgan fingerprint density at radius 3 is 2.39 bits per heavy atom. The lowest BCUT2D eigenvalue weighted by atomic mass is 10.1. The molecule has 9 heteroatoms. The van der Waals surface area contributed by atoms with Gasteiger partial charge < -0.3 is 14.6 Å². The van der Waals surface area contributed by atoms with Crippen molar-refractivity contribution >= 4 is 22.8 Å². The molecule has 0 spiro atoms. The highest BCUT2D eigenvalue weighted by Gasteiger charge is 2.30. The van der Waals surface area contributed by atoms with Crippen LogP contribution in [0.5, 0.6) is 0 Å². The number of hydrogen-bond acceptors (Lipinski definition) is 5. The quantitative estimate of drug-likeness (QED) is 0.519. The van der Waals surface area contributed by atoms with Gasteiger partial charge in [-0.05, 0) is 54.8 Å². The first kappa shape index (κ1) is 21.1. The summed E-state index contributed by atoms with van der Waals surface area (Å²) in [4.78, 5) is 33.1. The summed E-state index contributed by atoms with van der Waals surface area (Å²) in [6, 6.07) is 11.7. The number of aromatic nitrogens is 4. The van der Waals surface area contributed by atoms with Gasteiger partial charge in [-0.2, -0.15) is 4.98 Å². The first-order valence-corrected chi connectivity index (χ1v) is 10.7. The summed E-state index contributed by atoms with van der Waals surface area (Å²) in [5.74, 6) is 0.117. The van der Waals surface area contributed by atoms with Crippen molar-refractivity contribution in [3.8, 4) is 0 Å². The molecular weight excluding hydrogens is 425 g/mol. The summed E-state index contributed by atoms with van der Waals surface area (Å²) in [5, 5.41) is 10.6. The Kier molecular flexibility index (Phi) is 4.93. The Balaban J connectivity index is 1.72. The lowest BCUT2D eigenvalue weighted by molar-refractivity contribution is 0.154. The molecule has 0 bridgehead atoms. The fourth-order valence-electron chi connectivity index (χ4n) is 4.54. The molecule has 1 aliphatic rings. The number of halogens is 1. The van der Waals surface area contributed by atoms with Gasteiger partial charge in [0.1, 0.15) is 5.82 Å². The van der Waals surface area contributed by atoms with Gasteiger partial charge in [-0.25, -0.2) is 9.18 Å². The normalized spacial score (nSPS) is 15.8. The third kappa shape index (κ3) is 3.54. The zero-order valence-corrected chi connectivity index (χ0v) is 18.6. The maximum Gasteiger partial charge on any atom is 0.332 e. The van der Waals surface area contributed by atoms with Crippen LogP contribution >= 0.6 is 0 Å². The number of hydrogen-bond donors (Lipinski definition) is 1. The molecule has 0 aliphatic carbocycles. The van der Waals surface area contributed by atoms with Crippen LogP contribution in [0.2, 0.25) is 0 Å². The molecule has 8 nitrogen and oxygen atoms in total. The summed E-state index contributed by atoms with van der Waals surface area (Å²) in [7, 11) is 1.57. The average molecular weight is 449 g/mol. The van der Waals surface area contributed by atoms with E-state index in [1.165, 1.54) is 16.7 Å². The summed E-state index contributed by atoms with van der Waals surface area (Å²) >= 11 is 0. The maximum absolute atomic E-state index is 13.5. The lowest BCUT2D eigenvalue weighted by Gasteiger charge is -2.32. The first-order valence-electron chi connectivity index (χ1n) is 10.7. The predicted octanol–water partition coefficient (Wildman–Crippen LogP) is 2.21. The Labute approximate surface area is 188 Å². The molecule has 170 valence electrons. The van der Waals surface area contributed by atoms with E-state index >= 15 is 0 Å². The zero-order chi connectivity index (χ0) is 23.4. The molecule has 1 aliphatic heterocycles. The van der Waals surface area contributed by atoms with E-state index in [9.17, 15) is 19.1 Å². The average Bonchev–Trinajstić information content (AvgIpc) is 3.15. The minimum atomic E-state index is -0.724. The van der Waals surface area contributed by atoms with Gasteiger partial charge in [0, 0.05) is 12.7 Å². The smallest absolute Gasteiger partial charge is 0.332 e. The number of benzene rings is 2. The van der Waals surface area contributed by atoms with E-state index in [0.717, 1.165) is 21.4 Å². The highest BCUT2D eigenvalue weighted by atomic mass is 19.1. The molecule has 0 saturated heterocycles. The molecule has 1 N–H and O–H groups in total. The molecule has 2 aromatic carbocycles. The highest BCUT2D eigenvalue weighted by molar-refractivity contribution is 5.77. The summed E-state index contributed by atoms with van der Waals surface area (Å²) in [5.41, 5.74) is 3.14. The number of aliphatic hydroxyl groups excluding tert-OH is 1. The summed E-state index contributed by atoms with van der Waals surface area (Å²) in [6.07, 6.45) is -0.724. The van der Waals surface area contributed by atoms with Crippen LogP contribution < -0.4 is 16.1 Å². The maximum atomic E-state index is 13.5. The second kappa shape index (κ2) is 7.70.